The van der Waals surface area contributed by atoms with Crippen LogP contribution in [0, 0.1) is 12.8 Å². The van der Waals surface area contributed by atoms with E-state index in [1.54, 1.807) is 13.1 Å². The Morgan fingerprint density at radius 3 is 2.61 bits per heavy atom. The quantitative estimate of drug-likeness (QED) is 0.870. The van der Waals surface area contributed by atoms with E-state index in [0.717, 1.165) is 4.88 Å². The van der Waals surface area contributed by atoms with Gasteiger partial charge in [-0.2, -0.15) is 13.2 Å². The minimum atomic E-state index is -4.75. The molecule has 0 bridgehead atoms. The second-order valence-electron chi connectivity index (χ2n) is 3.87. The van der Waals surface area contributed by atoms with Crippen molar-refractivity contribution in [3.8, 4) is 0 Å². The van der Waals surface area contributed by atoms with Crippen LogP contribution in [0.25, 0.3) is 0 Å². The van der Waals surface area contributed by atoms with E-state index in [1.165, 1.54) is 11.3 Å². The van der Waals surface area contributed by atoms with Gasteiger partial charge in [0.05, 0.1) is 6.04 Å². The number of hydrogen-bond acceptors (Lipinski definition) is 4. The molecule has 0 spiro atoms. The Balaban J connectivity index is 2.60. The predicted octanol–water partition coefficient (Wildman–Crippen LogP) is 2.37. The number of thiazole rings is 1. The Hall–Kier alpha value is -1.15. The van der Waals surface area contributed by atoms with Gasteiger partial charge in [-0.05, 0) is 13.8 Å². The molecule has 18 heavy (non-hydrogen) atoms. The number of rotatable bonds is 5. The number of nitrogens with zero attached hydrogens (tertiary/aromatic N) is 1. The molecule has 1 aromatic heterocycles. The largest absolute Gasteiger partial charge is 0.481 e. The van der Waals surface area contributed by atoms with Gasteiger partial charge in [-0.1, -0.05) is 0 Å². The van der Waals surface area contributed by atoms with Crippen LogP contribution in [0.1, 0.15) is 22.9 Å². The molecule has 1 heterocycles. The second-order valence-corrected chi connectivity index (χ2v) is 5.14. The summed E-state index contributed by atoms with van der Waals surface area (Å²) >= 11 is 1.36. The number of carbonyl (C=O) groups is 1. The monoisotopic (exact) mass is 282 g/mol. The summed E-state index contributed by atoms with van der Waals surface area (Å²) in [5.74, 6) is -4.28. The Kier molecular flexibility index (Phi) is 4.69. The maximum Gasteiger partial charge on any atom is 0.403 e. The fraction of sp³-hybridized carbons (Fsp3) is 0.600. The minimum absolute atomic E-state index is 0.409. The first kappa shape index (κ1) is 14.9. The van der Waals surface area contributed by atoms with Gasteiger partial charge in [-0.25, -0.2) is 4.98 Å². The van der Waals surface area contributed by atoms with Crippen molar-refractivity contribution >= 4 is 17.3 Å². The summed E-state index contributed by atoms with van der Waals surface area (Å²) in [6, 6.07) is -0.409. The van der Waals surface area contributed by atoms with E-state index in [9.17, 15) is 18.0 Å². The smallest absolute Gasteiger partial charge is 0.403 e. The zero-order valence-electron chi connectivity index (χ0n) is 9.78. The van der Waals surface area contributed by atoms with E-state index in [2.05, 4.69) is 10.3 Å². The minimum Gasteiger partial charge on any atom is -0.481 e. The van der Waals surface area contributed by atoms with Crippen LogP contribution in [-0.4, -0.2) is 28.8 Å². The Bertz CT molecular complexity index is 420. The van der Waals surface area contributed by atoms with Crippen molar-refractivity contribution in [2.45, 2.75) is 26.1 Å². The van der Waals surface area contributed by atoms with Crippen molar-refractivity contribution in [3.63, 3.8) is 0 Å². The lowest BCUT2D eigenvalue weighted by molar-refractivity contribution is -0.192. The van der Waals surface area contributed by atoms with Crippen LogP contribution in [0.15, 0.2) is 6.20 Å². The van der Waals surface area contributed by atoms with Crippen LogP contribution in [0.5, 0.6) is 0 Å². The second kappa shape index (κ2) is 5.66. The summed E-state index contributed by atoms with van der Waals surface area (Å²) in [6.07, 6.45) is -3.13. The Morgan fingerprint density at radius 2 is 2.22 bits per heavy atom. The first-order chi connectivity index (χ1) is 8.21. The van der Waals surface area contributed by atoms with Crippen molar-refractivity contribution in [3.05, 3.63) is 16.1 Å². The fourth-order valence-corrected chi connectivity index (χ4v) is 2.10. The van der Waals surface area contributed by atoms with Crippen LogP contribution >= 0.6 is 11.3 Å². The summed E-state index contributed by atoms with van der Waals surface area (Å²) < 4.78 is 37.2. The molecular weight excluding hydrogens is 269 g/mol. The lowest BCUT2D eigenvalue weighted by Gasteiger charge is -2.18. The molecule has 0 aliphatic rings. The summed E-state index contributed by atoms with van der Waals surface area (Å²) in [6.45, 7) is 2.82. The molecule has 8 heteroatoms. The van der Waals surface area contributed by atoms with Crippen molar-refractivity contribution in [1.29, 1.82) is 0 Å². The van der Waals surface area contributed by atoms with E-state index in [-0.39, 0.29) is 0 Å². The maximum atomic E-state index is 12.4. The molecule has 0 saturated heterocycles. The number of aromatic nitrogens is 1. The number of carboxylic acid groups (broad SMARTS) is 1. The molecular formula is C10H13F3N2O2S. The number of hydrogen-bond donors (Lipinski definition) is 2. The van der Waals surface area contributed by atoms with Crippen molar-refractivity contribution in [2.24, 2.45) is 5.92 Å². The number of halogens is 3. The molecule has 0 saturated carbocycles. The van der Waals surface area contributed by atoms with Gasteiger partial charge in [0.25, 0.3) is 0 Å². The standard InChI is InChI=1S/C10H13F3N2O2S/c1-5-3-15-8(18-5)6(2)14-4-7(9(16)17)10(11,12)13/h3,6-7,14H,4H2,1-2H3,(H,16,17). The highest BCUT2D eigenvalue weighted by atomic mass is 32.1. The summed E-state index contributed by atoms with van der Waals surface area (Å²) in [5, 5.41) is 11.7. The van der Waals surface area contributed by atoms with Gasteiger partial charge in [0.15, 0.2) is 5.92 Å². The fourth-order valence-electron chi connectivity index (χ4n) is 1.30. The van der Waals surface area contributed by atoms with Crippen LogP contribution in [-0.2, 0) is 4.79 Å². The maximum absolute atomic E-state index is 12.4. The third-order valence-corrected chi connectivity index (χ3v) is 3.43. The first-order valence-corrected chi connectivity index (χ1v) is 5.98. The normalized spacial score (nSPS) is 15.4. The van der Waals surface area contributed by atoms with Gasteiger partial charge < -0.3 is 10.4 Å². The molecule has 0 fully saturated rings. The Labute approximate surface area is 106 Å². The number of aliphatic carboxylic acids is 1. The van der Waals surface area contributed by atoms with E-state index in [4.69, 9.17) is 5.11 Å². The van der Waals surface area contributed by atoms with Crippen molar-refractivity contribution in [1.82, 2.24) is 10.3 Å². The predicted molar refractivity (Wildman–Crippen MR) is 60.4 cm³/mol. The molecule has 4 nitrogen and oxygen atoms in total. The number of carboxylic acids is 1. The third-order valence-electron chi connectivity index (χ3n) is 2.33. The molecule has 0 aromatic carbocycles. The average molecular weight is 282 g/mol. The van der Waals surface area contributed by atoms with Crippen molar-refractivity contribution < 1.29 is 23.1 Å². The topological polar surface area (TPSA) is 62.2 Å². The number of alkyl halides is 3. The number of nitrogens with one attached hydrogen (secondary N) is 1. The third kappa shape index (κ3) is 3.95. The van der Waals surface area contributed by atoms with E-state index in [0.29, 0.717) is 5.01 Å². The van der Waals surface area contributed by atoms with Crippen LogP contribution in [0.3, 0.4) is 0 Å². The molecule has 0 radical (unpaired) electrons. The van der Waals surface area contributed by atoms with Gasteiger partial charge in [0.2, 0.25) is 0 Å². The molecule has 2 N–H and O–H groups in total. The van der Waals surface area contributed by atoms with E-state index in [1.807, 2.05) is 6.92 Å². The molecule has 0 aliphatic heterocycles. The summed E-state index contributed by atoms with van der Waals surface area (Å²) in [7, 11) is 0. The van der Waals surface area contributed by atoms with Crippen LogP contribution in [0.4, 0.5) is 13.2 Å². The van der Waals surface area contributed by atoms with Gasteiger partial charge in [0.1, 0.15) is 5.01 Å². The molecule has 0 aliphatic carbocycles. The van der Waals surface area contributed by atoms with E-state index >= 15 is 0 Å². The SMILES string of the molecule is Cc1cnc(C(C)NCC(C(=O)O)C(F)(F)F)s1. The Morgan fingerprint density at radius 1 is 1.61 bits per heavy atom. The zero-order valence-corrected chi connectivity index (χ0v) is 10.6. The average Bonchev–Trinajstić information content (AvgIpc) is 2.62. The van der Waals surface area contributed by atoms with Gasteiger partial charge in [0, 0.05) is 17.6 Å². The highest BCUT2D eigenvalue weighted by Crippen LogP contribution is 2.27. The molecule has 2 unspecified atom stereocenters. The molecule has 1 aromatic rings. The van der Waals surface area contributed by atoms with Crippen molar-refractivity contribution in [2.75, 3.05) is 6.54 Å². The van der Waals surface area contributed by atoms with Gasteiger partial charge in [-0.3, -0.25) is 4.79 Å². The van der Waals surface area contributed by atoms with Crippen LogP contribution in [0.2, 0.25) is 0 Å². The summed E-state index contributed by atoms with van der Waals surface area (Å²) in [4.78, 5) is 15.5. The summed E-state index contributed by atoms with van der Waals surface area (Å²) in [5.41, 5.74) is 0. The highest BCUT2D eigenvalue weighted by molar-refractivity contribution is 7.11. The molecule has 102 valence electrons. The molecule has 2 atom stereocenters. The first-order valence-electron chi connectivity index (χ1n) is 5.17. The van der Waals surface area contributed by atoms with E-state index < -0.39 is 30.7 Å². The van der Waals surface area contributed by atoms with Crippen LogP contribution < -0.4 is 5.32 Å². The van der Waals surface area contributed by atoms with Gasteiger partial charge in [-0.15, -0.1) is 11.3 Å². The molecule has 0 amide bonds. The van der Waals surface area contributed by atoms with Gasteiger partial charge >= 0.3 is 12.1 Å². The number of aryl methyl sites for hydroxylation is 1. The lowest BCUT2D eigenvalue weighted by atomic mass is 10.1. The highest BCUT2D eigenvalue weighted by Gasteiger charge is 2.44. The lowest BCUT2D eigenvalue weighted by Crippen LogP contribution is -2.39. The molecule has 1 rings (SSSR count). The zero-order chi connectivity index (χ0) is 13.9.